The number of ether oxygens (including phenoxy) is 2. The van der Waals surface area contributed by atoms with E-state index in [1.54, 1.807) is 0 Å². The van der Waals surface area contributed by atoms with Gasteiger partial charge in [0.25, 0.3) is 0 Å². The van der Waals surface area contributed by atoms with Crippen molar-refractivity contribution in [3.63, 3.8) is 0 Å². The minimum Gasteiger partial charge on any atom is -0.454 e. The predicted molar refractivity (Wildman–Crippen MR) is 136 cm³/mol. The van der Waals surface area contributed by atoms with Crippen LogP contribution in [0.5, 0.6) is 11.5 Å². The molecule has 3 aliphatic rings. The Morgan fingerprint density at radius 2 is 1.76 bits per heavy atom. The van der Waals surface area contributed by atoms with Crippen LogP contribution in [0.3, 0.4) is 0 Å². The summed E-state index contributed by atoms with van der Waals surface area (Å²) in [6.45, 7) is 11.8. The van der Waals surface area contributed by atoms with Gasteiger partial charge in [-0.25, -0.2) is 0 Å². The Morgan fingerprint density at radius 1 is 0.971 bits per heavy atom. The number of likely N-dealkylation sites (tertiary alicyclic amines) is 2. The standard InChI is InChI=1S/C26H37N5O2S/c1-2-11-31-25(27-28-26(31)34-17-16-29-12-5-3-4-6-13-29)22-9-14-30(15-10-22)19-21-7-8-23-24(18-21)33-20-32-23/h2,7-8,18,22H,1,3-6,9-17,19-20H2. The van der Waals surface area contributed by atoms with E-state index < -0.39 is 0 Å². The largest absolute Gasteiger partial charge is 0.454 e. The van der Waals surface area contributed by atoms with Crippen LogP contribution >= 0.6 is 11.8 Å². The molecule has 0 radical (unpaired) electrons. The van der Waals surface area contributed by atoms with Gasteiger partial charge < -0.3 is 18.9 Å². The van der Waals surface area contributed by atoms with Crippen molar-refractivity contribution in [2.45, 2.75) is 62.7 Å². The highest BCUT2D eigenvalue weighted by atomic mass is 32.2. The lowest BCUT2D eigenvalue weighted by atomic mass is 9.95. The van der Waals surface area contributed by atoms with Crippen LogP contribution in [0.15, 0.2) is 36.0 Å². The fraction of sp³-hybridized carbons (Fsp3) is 0.615. The lowest BCUT2D eigenvalue weighted by molar-refractivity contribution is 0.173. The normalized spacial score (nSPS) is 19.9. The van der Waals surface area contributed by atoms with E-state index >= 15 is 0 Å². The Balaban J connectivity index is 1.14. The molecule has 2 saturated heterocycles. The maximum atomic E-state index is 5.54. The Kier molecular flexibility index (Phi) is 8.09. The maximum absolute atomic E-state index is 5.54. The van der Waals surface area contributed by atoms with Crippen LogP contribution < -0.4 is 9.47 Å². The van der Waals surface area contributed by atoms with Crippen molar-refractivity contribution >= 4 is 11.8 Å². The first-order valence-electron chi connectivity index (χ1n) is 12.8. The van der Waals surface area contributed by atoms with Gasteiger partial charge in [0.1, 0.15) is 5.82 Å². The first kappa shape index (κ1) is 23.7. The molecule has 4 heterocycles. The van der Waals surface area contributed by atoms with Crippen LogP contribution in [-0.4, -0.2) is 69.8 Å². The second-order valence-electron chi connectivity index (χ2n) is 9.58. The Labute approximate surface area is 207 Å². The first-order chi connectivity index (χ1) is 16.8. The topological polar surface area (TPSA) is 55.7 Å². The van der Waals surface area contributed by atoms with Gasteiger partial charge in [-0.3, -0.25) is 4.90 Å². The SMILES string of the molecule is C=CCn1c(SCCN2CCCCCC2)nnc1C1CCN(Cc2ccc3c(c2)OCO3)CC1. The van der Waals surface area contributed by atoms with Crippen molar-refractivity contribution in [1.82, 2.24) is 24.6 Å². The Bertz CT molecular complexity index is 949. The van der Waals surface area contributed by atoms with Crippen LogP contribution in [0.2, 0.25) is 0 Å². The van der Waals surface area contributed by atoms with E-state index in [2.05, 4.69) is 43.3 Å². The third kappa shape index (κ3) is 5.78. The molecule has 0 N–H and O–H groups in total. The zero-order valence-electron chi connectivity index (χ0n) is 20.2. The van der Waals surface area contributed by atoms with Crippen molar-refractivity contribution in [3.8, 4) is 11.5 Å². The number of hydrogen-bond donors (Lipinski definition) is 0. The molecular weight excluding hydrogens is 446 g/mol. The molecule has 184 valence electrons. The van der Waals surface area contributed by atoms with Gasteiger partial charge in [-0.1, -0.05) is 36.7 Å². The molecule has 2 aromatic rings. The number of piperidine rings is 1. The van der Waals surface area contributed by atoms with Crippen molar-refractivity contribution in [1.29, 1.82) is 0 Å². The third-order valence-electron chi connectivity index (χ3n) is 7.19. The summed E-state index contributed by atoms with van der Waals surface area (Å²) in [4.78, 5) is 5.14. The van der Waals surface area contributed by atoms with E-state index in [-0.39, 0.29) is 0 Å². The molecule has 8 heteroatoms. The lowest BCUT2D eigenvalue weighted by Gasteiger charge is -2.31. The Morgan fingerprint density at radius 3 is 2.56 bits per heavy atom. The van der Waals surface area contributed by atoms with Gasteiger partial charge in [-0.05, 0) is 69.6 Å². The zero-order valence-corrected chi connectivity index (χ0v) is 21.0. The minimum absolute atomic E-state index is 0.327. The van der Waals surface area contributed by atoms with E-state index in [9.17, 15) is 0 Å². The molecule has 34 heavy (non-hydrogen) atoms. The molecule has 0 atom stereocenters. The molecule has 0 saturated carbocycles. The number of fused-ring (bicyclic) bond motifs is 1. The summed E-state index contributed by atoms with van der Waals surface area (Å²) in [6, 6.07) is 6.29. The summed E-state index contributed by atoms with van der Waals surface area (Å²) < 4.78 is 13.3. The molecule has 5 rings (SSSR count). The number of aromatic nitrogens is 3. The first-order valence-corrected chi connectivity index (χ1v) is 13.8. The molecule has 7 nitrogen and oxygen atoms in total. The fourth-order valence-electron chi connectivity index (χ4n) is 5.28. The third-order valence-corrected chi connectivity index (χ3v) is 8.14. The van der Waals surface area contributed by atoms with E-state index in [0.29, 0.717) is 12.7 Å². The monoisotopic (exact) mass is 483 g/mol. The van der Waals surface area contributed by atoms with Gasteiger partial charge in [0.2, 0.25) is 6.79 Å². The van der Waals surface area contributed by atoms with E-state index in [1.165, 1.54) is 44.3 Å². The second-order valence-corrected chi connectivity index (χ2v) is 10.6. The Hall–Kier alpha value is -2.03. The summed E-state index contributed by atoms with van der Waals surface area (Å²) in [5, 5.41) is 10.3. The highest BCUT2D eigenvalue weighted by Gasteiger charge is 2.26. The minimum atomic E-state index is 0.327. The summed E-state index contributed by atoms with van der Waals surface area (Å²) in [6.07, 6.45) is 9.65. The average molecular weight is 484 g/mol. The predicted octanol–water partition coefficient (Wildman–Crippen LogP) is 4.54. The number of thioether (sulfide) groups is 1. The number of allylic oxidation sites excluding steroid dienone is 1. The smallest absolute Gasteiger partial charge is 0.231 e. The molecule has 2 fully saturated rings. The van der Waals surface area contributed by atoms with Crippen molar-refractivity contribution in [3.05, 3.63) is 42.2 Å². The number of hydrogen-bond acceptors (Lipinski definition) is 7. The molecule has 0 amide bonds. The molecular formula is C26H37N5O2S. The van der Waals surface area contributed by atoms with E-state index in [0.717, 1.165) is 73.8 Å². The summed E-state index contributed by atoms with van der Waals surface area (Å²) in [5.74, 6) is 4.39. The molecule has 0 unspecified atom stereocenters. The van der Waals surface area contributed by atoms with E-state index in [4.69, 9.17) is 9.47 Å². The molecule has 0 bridgehead atoms. The highest BCUT2D eigenvalue weighted by molar-refractivity contribution is 7.99. The number of nitrogens with zero attached hydrogens (tertiary/aromatic N) is 5. The summed E-state index contributed by atoms with van der Waals surface area (Å²) >= 11 is 1.85. The molecule has 0 aliphatic carbocycles. The summed E-state index contributed by atoms with van der Waals surface area (Å²) in [7, 11) is 0. The van der Waals surface area contributed by atoms with Gasteiger partial charge >= 0.3 is 0 Å². The van der Waals surface area contributed by atoms with Crippen LogP contribution in [0, 0.1) is 0 Å². The van der Waals surface area contributed by atoms with Crippen molar-refractivity contribution in [2.75, 3.05) is 45.3 Å². The van der Waals surface area contributed by atoms with Crippen LogP contribution in [-0.2, 0) is 13.1 Å². The van der Waals surface area contributed by atoms with Crippen LogP contribution in [0.25, 0.3) is 0 Å². The van der Waals surface area contributed by atoms with Gasteiger partial charge in [0.05, 0.1) is 0 Å². The average Bonchev–Trinajstić information content (AvgIpc) is 3.39. The van der Waals surface area contributed by atoms with Gasteiger partial charge in [-0.15, -0.1) is 16.8 Å². The zero-order chi connectivity index (χ0) is 23.2. The molecule has 1 aromatic carbocycles. The number of benzene rings is 1. The van der Waals surface area contributed by atoms with Crippen LogP contribution in [0.1, 0.15) is 55.8 Å². The fourth-order valence-corrected chi connectivity index (χ4v) is 6.24. The van der Waals surface area contributed by atoms with Crippen LogP contribution in [0.4, 0.5) is 0 Å². The van der Waals surface area contributed by atoms with Gasteiger partial charge in [0, 0.05) is 31.3 Å². The quantitative estimate of drug-likeness (QED) is 0.383. The van der Waals surface area contributed by atoms with Gasteiger partial charge in [-0.2, -0.15) is 0 Å². The highest BCUT2D eigenvalue weighted by Crippen LogP contribution is 2.34. The molecule has 0 spiro atoms. The van der Waals surface area contributed by atoms with Crippen molar-refractivity contribution in [2.24, 2.45) is 0 Å². The molecule has 1 aromatic heterocycles. The summed E-state index contributed by atoms with van der Waals surface area (Å²) in [5.41, 5.74) is 1.28. The number of rotatable bonds is 9. The lowest BCUT2D eigenvalue weighted by Crippen LogP contribution is -2.33. The van der Waals surface area contributed by atoms with Crippen molar-refractivity contribution < 1.29 is 9.47 Å². The maximum Gasteiger partial charge on any atom is 0.231 e. The van der Waals surface area contributed by atoms with E-state index in [1.807, 2.05) is 23.9 Å². The van der Waals surface area contributed by atoms with Gasteiger partial charge in [0.15, 0.2) is 16.7 Å². The second kappa shape index (κ2) is 11.6. The molecule has 3 aliphatic heterocycles.